The number of nitrogens with two attached hydrogens (primary N) is 1. The molecule has 0 spiro atoms. The number of benzene rings is 1. The molecule has 1 aliphatic heterocycles. The van der Waals surface area contributed by atoms with Gasteiger partial charge in [-0.1, -0.05) is 26.0 Å². The molecule has 1 saturated heterocycles. The average molecular weight is 218 g/mol. The summed E-state index contributed by atoms with van der Waals surface area (Å²) < 4.78 is 0. The molecule has 1 fully saturated rings. The van der Waals surface area contributed by atoms with E-state index in [1.54, 1.807) is 0 Å². The Labute approximate surface area is 98.4 Å². The normalized spacial score (nSPS) is 25.1. The van der Waals surface area contributed by atoms with Gasteiger partial charge in [-0.2, -0.15) is 0 Å². The zero-order valence-electron chi connectivity index (χ0n) is 10.5. The summed E-state index contributed by atoms with van der Waals surface area (Å²) in [6.45, 7) is 9.78. The van der Waals surface area contributed by atoms with Crippen LogP contribution in [0, 0.1) is 18.8 Å². The van der Waals surface area contributed by atoms with Gasteiger partial charge in [0.15, 0.2) is 0 Å². The van der Waals surface area contributed by atoms with Crippen molar-refractivity contribution in [3.8, 4) is 0 Å². The van der Waals surface area contributed by atoms with E-state index in [2.05, 4.69) is 43.9 Å². The molecule has 0 amide bonds. The van der Waals surface area contributed by atoms with Crippen LogP contribution in [-0.4, -0.2) is 13.1 Å². The van der Waals surface area contributed by atoms with E-state index in [0.29, 0.717) is 6.54 Å². The standard InChI is InChI=1S/C14H22N2/c1-10-4-5-13(7-15)14(6-10)16-8-11(2)12(3)9-16/h4-6,11-12H,7-9,15H2,1-3H3. The molecule has 0 aromatic heterocycles. The number of hydrogen-bond acceptors (Lipinski definition) is 2. The average Bonchev–Trinajstić information content (AvgIpc) is 2.59. The van der Waals surface area contributed by atoms with Crippen LogP contribution < -0.4 is 10.6 Å². The molecule has 0 radical (unpaired) electrons. The van der Waals surface area contributed by atoms with Crippen LogP contribution in [0.2, 0.25) is 0 Å². The maximum Gasteiger partial charge on any atom is 0.0414 e. The second-order valence-electron chi connectivity index (χ2n) is 5.20. The summed E-state index contributed by atoms with van der Waals surface area (Å²) in [6.07, 6.45) is 0. The largest absolute Gasteiger partial charge is 0.371 e. The Balaban J connectivity index is 2.29. The van der Waals surface area contributed by atoms with Gasteiger partial charge in [0.05, 0.1) is 0 Å². The Morgan fingerprint density at radius 2 is 1.88 bits per heavy atom. The number of hydrogen-bond donors (Lipinski definition) is 1. The van der Waals surface area contributed by atoms with Crippen LogP contribution in [-0.2, 0) is 6.54 Å². The second-order valence-corrected chi connectivity index (χ2v) is 5.20. The molecular formula is C14H22N2. The molecule has 2 rings (SSSR count). The predicted octanol–water partition coefficient (Wildman–Crippen LogP) is 2.55. The highest BCUT2D eigenvalue weighted by Gasteiger charge is 2.27. The van der Waals surface area contributed by atoms with Crippen molar-refractivity contribution in [3.05, 3.63) is 29.3 Å². The number of anilines is 1. The molecule has 1 aromatic carbocycles. The highest BCUT2D eigenvalue weighted by atomic mass is 15.2. The molecule has 1 heterocycles. The van der Waals surface area contributed by atoms with Crippen molar-refractivity contribution in [1.82, 2.24) is 0 Å². The fourth-order valence-electron chi connectivity index (χ4n) is 2.47. The van der Waals surface area contributed by atoms with Gasteiger partial charge in [0.25, 0.3) is 0 Å². The summed E-state index contributed by atoms with van der Waals surface area (Å²) >= 11 is 0. The SMILES string of the molecule is Cc1ccc(CN)c(N2CC(C)C(C)C2)c1. The van der Waals surface area contributed by atoms with Gasteiger partial charge in [-0.15, -0.1) is 0 Å². The first kappa shape index (κ1) is 11.5. The lowest BCUT2D eigenvalue weighted by atomic mass is 10.0. The van der Waals surface area contributed by atoms with E-state index in [1.807, 2.05) is 0 Å². The van der Waals surface area contributed by atoms with Gasteiger partial charge >= 0.3 is 0 Å². The third-order valence-corrected chi connectivity index (χ3v) is 3.79. The zero-order chi connectivity index (χ0) is 11.7. The Morgan fingerprint density at radius 3 is 2.44 bits per heavy atom. The molecule has 2 nitrogen and oxygen atoms in total. The van der Waals surface area contributed by atoms with Gasteiger partial charge in [-0.05, 0) is 36.0 Å². The number of nitrogens with zero attached hydrogens (tertiary/aromatic N) is 1. The molecule has 0 saturated carbocycles. The van der Waals surface area contributed by atoms with Gasteiger partial charge in [-0.3, -0.25) is 0 Å². The third kappa shape index (κ3) is 2.07. The smallest absolute Gasteiger partial charge is 0.0414 e. The fourth-order valence-corrected chi connectivity index (χ4v) is 2.47. The summed E-state index contributed by atoms with van der Waals surface area (Å²) in [5.41, 5.74) is 9.75. The van der Waals surface area contributed by atoms with Gasteiger partial charge in [0.2, 0.25) is 0 Å². The lowest BCUT2D eigenvalue weighted by Crippen LogP contribution is -2.21. The molecule has 0 bridgehead atoms. The Morgan fingerprint density at radius 1 is 1.25 bits per heavy atom. The topological polar surface area (TPSA) is 29.3 Å². The summed E-state index contributed by atoms with van der Waals surface area (Å²) in [7, 11) is 0. The molecule has 0 aliphatic carbocycles. The van der Waals surface area contributed by atoms with E-state index in [1.165, 1.54) is 16.8 Å². The van der Waals surface area contributed by atoms with Crippen LogP contribution in [0.4, 0.5) is 5.69 Å². The second kappa shape index (κ2) is 4.46. The van der Waals surface area contributed by atoms with Crippen molar-refractivity contribution in [2.24, 2.45) is 17.6 Å². The van der Waals surface area contributed by atoms with Crippen molar-refractivity contribution in [1.29, 1.82) is 0 Å². The summed E-state index contributed by atoms with van der Waals surface area (Å²) in [5, 5.41) is 0. The van der Waals surface area contributed by atoms with Crippen LogP contribution in [0.5, 0.6) is 0 Å². The molecular weight excluding hydrogens is 196 g/mol. The molecule has 1 aromatic rings. The quantitative estimate of drug-likeness (QED) is 0.826. The van der Waals surface area contributed by atoms with Crippen molar-refractivity contribution in [3.63, 3.8) is 0 Å². The van der Waals surface area contributed by atoms with Crippen LogP contribution in [0.3, 0.4) is 0 Å². The molecule has 1 aliphatic rings. The summed E-state index contributed by atoms with van der Waals surface area (Å²) in [4.78, 5) is 2.49. The Kier molecular flexibility index (Phi) is 3.20. The first-order valence-electron chi connectivity index (χ1n) is 6.16. The van der Waals surface area contributed by atoms with Crippen LogP contribution in [0.15, 0.2) is 18.2 Å². The highest BCUT2D eigenvalue weighted by molar-refractivity contribution is 5.56. The van der Waals surface area contributed by atoms with E-state index in [-0.39, 0.29) is 0 Å². The minimum Gasteiger partial charge on any atom is -0.371 e. The molecule has 2 heteroatoms. The van der Waals surface area contributed by atoms with E-state index in [0.717, 1.165) is 24.9 Å². The first-order valence-corrected chi connectivity index (χ1v) is 6.16. The molecule has 2 N–H and O–H groups in total. The van der Waals surface area contributed by atoms with Gasteiger partial charge in [-0.25, -0.2) is 0 Å². The van der Waals surface area contributed by atoms with Crippen molar-refractivity contribution >= 4 is 5.69 Å². The predicted molar refractivity (Wildman–Crippen MR) is 69.6 cm³/mol. The molecule has 16 heavy (non-hydrogen) atoms. The lowest BCUT2D eigenvalue weighted by Gasteiger charge is -2.22. The van der Waals surface area contributed by atoms with Gasteiger partial charge in [0, 0.05) is 25.3 Å². The zero-order valence-corrected chi connectivity index (χ0v) is 10.5. The fraction of sp³-hybridized carbons (Fsp3) is 0.571. The van der Waals surface area contributed by atoms with Gasteiger partial charge < -0.3 is 10.6 Å². The number of rotatable bonds is 2. The highest BCUT2D eigenvalue weighted by Crippen LogP contribution is 2.30. The van der Waals surface area contributed by atoms with Crippen molar-refractivity contribution in [2.45, 2.75) is 27.3 Å². The maximum absolute atomic E-state index is 5.81. The van der Waals surface area contributed by atoms with Crippen molar-refractivity contribution in [2.75, 3.05) is 18.0 Å². The van der Waals surface area contributed by atoms with E-state index >= 15 is 0 Å². The lowest BCUT2D eigenvalue weighted by molar-refractivity contribution is 0.494. The van der Waals surface area contributed by atoms with Crippen molar-refractivity contribution < 1.29 is 0 Å². The van der Waals surface area contributed by atoms with E-state index in [9.17, 15) is 0 Å². The molecule has 2 unspecified atom stereocenters. The number of aryl methyl sites for hydroxylation is 1. The van der Waals surface area contributed by atoms with Crippen LogP contribution in [0.25, 0.3) is 0 Å². The molecule has 2 atom stereocenters. The summed E-state index contributed by atoms with van der Waals surface area (Å²) in [6, 6.07) is 6.58. The third-order valence-electron chi connectivity index (χ3n) is 3.79. The molecule has 88 valence electrons. The van der Waals surface area contributed by atoms with E-state index < -0.39 is 0 Å². The summed E-state index contributed by atoms with van der Waals surface area (Å²) in [5.74, 6) is 1.57. The monoisotopic (exact) mass is 218 g/mol. The Hall–Kier alpha value is -1.02. The minimum absolute atomic E-state index is 0.634. The first-order chi connectivity index (χ1) is 7.61. The minimum atomic E-state index is 0.634. The van der Waals surface area contributed by atoms with Gasteiger partial charge in [0.1, 0.15) is 0 Å². The van der Waals surface area contributed by atoms with Crippen LogP contribution >= 0.6 is 0 Å². The van der Waals surface area contributed by atoms with Crippen LogP contribution in [0.1, 0.15) is 25.0 Å². The van der Waals surface area contributed by atoms with E-state index in [4.69, 9.17) is 5.73 Å². The maximum atomic E-state index is 5.81. The Bertz CT molecular complexity index is 363.